The molecular formula is C30H27FN2O3S. The van der Waals surface area contributed by atoms with E-state index in [9.17, 15) is 19.1 Å². The quantitative estimate of drug-likeness (QED) is 0.182. The van der Waals surface area contributed by atoms with E-state index in [-0.39, 0.29) is 22.3 Å². The van der Waals surface area contributed by atoms with E-state index >= 15 is 0 Å². The smallest absolute Gasteiger partial charge is 0.301 e. The van der Waals surface area contributed by atoms with Gasteiger partial charge in [-0.25, -0.2) is 9.37 Å². The Bertz CT molecular complexity index is 1550. The first kappa shape index (κ1) is 24.8. The minimum atomic E-state index is -0.884. The van der Waals surface area contributed by atoms with Crippen LogP contribution in [-0.2, 0) is 21.4 Å². The normalized spacial score (nSPS) is 17.6. The summed E-state index contributed by atoms with van der Waals surface area (Å²) >= 11 is 1.34. The van der Waals surface area contributed by atoms with Gasteiger partial charge in [0.1, 0.15) is 11.6 Å². The van der Waals surface area contributed by atoms with Crippen molar-refractivity contribution in [2.45, 2.75) is 45.6 Å². The number of thiazole rings is 1. The predicted octanol–water partition coefficient (Wildman–Crippen LogP) is 6.92. The van der Waals surface area contributed by atoms with Gasteiger partial charge in [0.25, 0.3) is 5.78 Å². The standard InChI is InChI=1S/C30H27FN2O3S/c1-5-17-6-15-22-23(16-17)37-29(32-22)33-25(18-7-11-20(12-8-18)30(2,3)4)24(27(35)28(33)36)26(34)19-9-13-21(31)14-10-19/h6-16,25,34H,5H2,1-4H3/b26-24+/t25-/m0/s1. The first-order chi connectivity index (χ1) is 17.6. The number of aliphatic hydroxyl groups excluding tert-OH is 1. The van der Waals surface area contributed by atoms with Crippen LogP contribution in [0.1, 0.15) is 56.0 Å². The van der Waals surface area contributed by atoms with E-state index in [0.29, 0.717) is 10.7 Å². The fraction of sp³-hybridized carbons (Fsp3) is 0.233. The molecule has 2 heterocycles. The number of fused-ring (bicyclic) bond motifs is 1. The average Bonchev–Trinajstić information content (AvgIpc) is 3.41. The molecule has 1 aliphatic heterocycles. The molecule has 7 heteroatoms. The second kappa shape index (κ2) is 9.23. The second-order valence-electron chi connectivity index (χ2n) is 10.2. The van der Waals surface area contributed by atoms with E-state index in [0.717, 1.165) is 27.8 Å². The second-order valence-corrected chi connectivity index (χ2v) is 11.2. The van der Waals surface area contributed by atoms with Crippen LogP contribution in [0.5, 0.6) is 0 Å². The predicted molar refractivity (Wildman–Crippen MR) is 145 cm³/mol. The van der Waals surface area contributed by atoms with Gasteiger partial charge in [0, 0.05) is 5.56 Å². The summed E-state index contributed by atoms with van der Waals surface area (Å²) in [5.41, 5.74) is 3.78. The molecule has 0 spiro atoms. The number of Topliss-reactive ketones (excluding diaryl/α,β-unsaturated/α-hetero) is 1. The first-order valence-electron chi connectivity index (χ1n) is 12.2. The molecule has 5 nitrogen and oxygen atoms in total. The largest absolute Gasteiger partial charge is 0.507 e. The zero-order valence-electron chi connectivity index (χ0n) is 21.1. The Labute approximate surface area is 218 Å². The molecule has 1 aliphatic rings. The van der Waals surface area contributed by atoms with Crippen molar-refractivity contribution in [3.63, 3.8) is 0 Å². The van der Waals surface area contributed by atoms with E-state index in [4.69, 9.17) is 0 Å². The van der Waals surface area contributed by atoms with Gasteiger partial charge < -0.3 is 5.11 Å². The van der Waals surface area contributed by atoms with Gasteiger partial charge in [-0.2, -0.15) is 0 Å². The van der Waals surface area contributed by atoms with Crippen LogP contribution in [0.25, 0.3) is 16.0 Å². The van der Waals surface area contributed by atoms with Crippen molar-refractivity contribution in [2.24, 2.45) is 0 Å². The Hall–Kier alpha value is -3.84. The van der Waals surface area contributed by atoms with Crippen LogP contribution in [0.2, 0.25) is 0 Å². The van der Waals surface area contributed by atoms with Gasteiger partial charge in [0.2, 0.25) is 0 Å². The minimum absolute atomic E-state index is 0.0476. The minimum Gasteiger partial charge on any atom is -0.507 e. The third kappa shape index (κ3) is 4.44. The molecule has 4 aromatic rings. The Morgan fingerprint density at radius 3 is 2.32 bits per heavy atom. The molecule has 0 bridgehead atoms. The fourth-order valence-electron chi connectivity index (χ4n) is 4.55. The number of nitrogens with zero attached hydrogens (tertiary/aromatic N) is 2. The van der Waals surface area contributed by atoms with Crippen molar-refractivity contribution in [3.05, 3.63) is 100 Å². The summed E-state index contributed by atoms with van der Waals surface area (Å²) in [5, 5.41) is 11.6. The molecular weight excluding hydrogens is 487 g/mol. The summed E-state index contributed by atoms with van der Waals surface area (Å²) in [4.78, 5) is 32.9. The number of hydrogen-bond acceptors (Lipinski definition) is 5. The number of halogens is 1. The molecule has 0 aliphatic carbocycles. The summed E-state index contributed by atoms with van der Waals surface area (Å²) in [7, 11) is 0. The van der Waals surface area contributed by atoms with E-state index in [1.165, 1.54) is 40.5 Å². The zero-order valence-corrected chi connectivity index (χ0v) is 21.9. The summed E-state index contributed by atoms with van der Waals surface area (Å²) < 4.78 is 14.5. The number of carbonyl (C=O) groups is 2. The summed E-state index contributed by atoms with van der Waals surface area (Å²) in [6.45, 7) is 8.38. The van der Waals surface area contributed by atoms with Crippen molar-refractivity contribution in [3.8, 4) is 0 Å². The number of carbonyl (C=O) groups excluding carboxylic acids is 2. The van der Waals surface area contributed by atoms with Gasteiger partial charge in [0.15, 0.2) is 5.13 Å². The van der Waals surface area contributed by atoms with Gasteiger partial charge in [-0.1, -0.05) is 69.4 Å². The van der Waals surface area contributed by atoms with Crippen molar-refractivity contribution in [1.82, 2.24) is 4.98 Å². The molecule has 188 valence electrons. The highest BCUT2D eigenvalue weighted by Gasteiger charge is 2.48. The Morgan fingerprint density at radius 2 is 1.70 bits per heavy atom. The number of rotatable bonds is 4. The molecule has 5 rings (SSSR count). The SMILES string of the molecule is CCc1ccc2nc(N3C(=O)C(=O)/C(=C(/O)c4ccc(F)cc4)[C@@H]3c3ccc(C(C)(C)C)cc3)sc2c1. The van der Waals surface area contributed by atoms with Gasteiger partial charge >= 0.3 is 5.91 Å². The maximum Gasteiger partial charge on any atom is 0.301 e. The Balaban J connectivity index is 1.70. The molecule has 1 N–H and O–H groups in total. The summed E-state index contributed by atoms with van der Waals surface area (Å²) in [6.07, 6.45) is 0.867. The first-order valence-corrected chi connectivity index (χ1v) is 13.0. The molecule has 37 heavy (non-hydrogen) atoms. The van der Waals surface area contributed by atoms with Crippen LogP contribution >= 0.6 is 11.3 Å². The number of hydrogen-bond donors (Lipinski definition) is 1. The van der Waals surface area contributed by atoms with Gasteiger partial charge in [0.05, 0.1) is 21.8 Å². The maximum atomic E-state index is 13.5. The monoisotopic (exact) mass is 514 g/mol. The van der Waals surface area contributed by atoms with E-state index in [1.54, 1.807) is 0 Å². The lowest BCUT2D eigenvalue weighted by atomic mass is 9.85. The Morgan fingerprint density at radius 1 is 1.03 bits per heavy atom. The third-order valence-corrected chi connectivity index (χ3v) is 7.73. The number of ketones is 1. The van der Waals surface area contributed by atoms with Crippen LogP contribution in [0.4, 0.5) is 9.52 Å². The van der Waals surface area contributed by atoms with Crippen molar-refractivity contribution in [2.75, 3.05) is 4.90 Å². The number of amides is 1. The zero-order chi connectivity index (χ0) is 26.5. The molecule has 0 radical (unpaired) electrons. The number of aryl methyl sites for hydroxylation is 1. The number of anilines is 1. The number of aliphatic hydroxyl groups is 1. The molecule has 1 amide bonds. The fourth-order valence-corrected chi connectivity index (χ4v) is 5.61. The van der Waals surface area contributed by atoms with E-state index in [1.807, 2.05) is 42.5 Å². The number of aromatic nitrogens is 1. The van der Waals surface area contributed by atoms with Crippen molar-refractivity contribution >= 4 is 44.1 Å². The van der Waals surface area contributed by atoms with Gasteiger partial charge in [-0.15, -0.1) is 0 Å². The molecule has 1 aromatic heterocycles. The average molecular weight is 515 g/mol. The molecule has 1 atom stereocenters. The van der Waals surface area contributed by atoms with Crippen molar-refractivity contribution < 1.29 is 19.1 Å². The Kier molecular flexibility index (Phi) is 6.20. The molecule has 3 aromatic carbocycles. The lowest BCUT2D eigenvalue weighted by Crippen LogP contribution is -2.29. The highest BCUT2D eigenvalue weighted by atomic mass is 32.1. The van der Waals surface area contributed by atoms with E-state index < -0.39 is 23.5 Å². The van der Waals surface area contributed by atoms with Crippen LogP contribution < -0.4 is 4.90 Å². The number of benzene rings is 3. The van der Waals surface area contributed by atoms with Crippen LogP contribution in [-0.4, -0.2) is 21.8 Å². The van der Waals surface area contributed by atoms with Crippen molar-refractivity contribution in [1.29, 1.82) is 0 Å². The van der Waals surface area contributed by atoms with E-state index in [2.05, 4.69) is 32.7 Å². The molecule has 1 saturated heterocycles. The lowest BCUT2D eigenvalue weighted by molar-refractivity contribution is -0.132. The topological polar surface area (TPSA) is 70.5 Å². The molecule has 1 fully saturated rings. The highest BCUT2D eigenvalue weighted by Crippen LogP contribution is 2.44. The van der Waals surface area contributed by atoms with Crippen LogP contribution in [0.15, 0.2) is 72.3 Å². The van der Waals surface area contributed by atoms with Crippen LogP contribution in [0.3, 0.4) is 0 Å². The third-order valence-electron chi connectivity index (χ3n) is 6.71. The maximum absolute atomic E-state index is 13.5. The molecule has 0 saturated carbocycles. The van der Waals surface area contributed by atoms with Gasteiger partial charge in [-0.05, 0) is 64.9 Å². The summed E-state index contributed by atoms with van der Waals surface area (Å²) in [5.74, 6) is -2.38. The van der Waals surface area contributed by atoms with Crippen LogP contribution in [0, 0.1) is 5.82 Å². The lowest BCUT2D eigenvalue weighted by Gasteiger charge is -2.24. The molecule has 0 unspecified atom stereocenters. The van der Waals surface area contributed by atoms with Gasteiger partial charge in [-0.3, -0.25) is 14.5 Å². The summed E-state index contributed by atoms with van der Waals surface area (Å²) in [6, 6.07) is 18.0. The highest BCUT2D eigenvalue weighted by molar-refractivity contribution is 7.22.